The number of carbonyl (C=O) groups excluding carboxylic acids is 1. The van der Waals surface area contributed by atoms with Gasteiger partial charge in [0.2, 0.25) is 5.91 Å². The van der Waals surface area contributed by atoms with E-state index in [9.17, 15) is 4.79 Å². The Balaban J connectivity index is 0.000000386. The average molecular weight is 226 g/mol. The van der Waals surface area contributed by atoms with Gasteiger partial charge in [0.15, 0.2) is 0 Å². The molecule has 2 aliphatic rings. The van der Waals surface area contributed by atoms with Crippen LogP contribution in [0.3, 0.4) is 0 Å². The number of hydrogen-bond acceptors (Lipinski definition) is 2. The molecule has 2 rings (SSSR count). The van der Waals surface area contributed by atoms with Crippen molar-refractivity contribution >= 4 is 5.91 Å². The maximum absolute atomic E-state index is 11.9. The molecule has 94 valence electrons. The standard InChI is InChI=1S/C10H18N2O.C3H8/c13-10(9-3-1-2-4-9)12-7-5-11-6-8-12;1-3-2/h9,11H,1-8H2;3H2,1-2H3. The van der Waals surface area contributed by atoms with E-state index >= 15 is 0 Å². The molecule has 16 heavy (non-hydrogen) atoms. The Labute approximate surface area is 99.6 Å². The van der Waals surface area contributed by atoms with E-state index < -0.39 is 0 Å². The van der Waals surface area contributed by atoms with Crippen LogP contribution in [-0.4, -0.2) is 37.0 Å². The summed E-state index contributed by atoms with van der Waals surface area (Å²) < 4.78 is 0. The van der Waals surface area contributed by atoms with Crippen LogP contribution in [0.4, 0.5) is 0 Å². The second kappa shape index (κ2) is 7.66. The van der Waals surface area contributed by atoms with Crippen molar-refractivity contribution in [3.63, 3.8) is 0 Å². The number of rotatable bonds is 1. The van der Waals surface area contributed by atoms with Gasteiger partial charge in [-0.1, -0.05) is 33.1 Å². The topological polar surface area (TPSA) is 32.3 Å². The van der Waals surface area contributed by atoms with E-state index in [4.69, 9.17) is 0 Å². The van der Waals surface area contributed by atoms with Crippen molar-refractivity contribution in [1.82, 2.24) is 10.2 Å². The van der Waals surface area contributed by atoms with Crippen LogP contribution in [0.25, 0.3) is 0 Å². The lowest BCUT2D eigenvalue weighted by atomic mass is 10.1. The van der Waals surface area contributed by atoms with Gasteiger partial charge in [0.1, 0.15) is 0 Å². The lowest BCUT2D eigenvalue weighted by Gasteiger charge is -2.29. The number of amides is 1. The zero-order valence-corrected chi connectivity index (χ0v) is 10.8. The first-order valence-corrected chi connectivity index (χ1v) is 6.79. The van der Waals surface area contributed by atoms with Crippen LogP contribution in [0.2, 0.25) is 0 Å². The van der Waals surface area contributed by atoms with Crippen LogP contribution >= 0.6 is 0 Å². The van der Waals surface area contributed by atoms with E-state index in [1.807, 2.05) is 4.90 Å². The van der Waals surface area contributed by atoms with Crippen LogP contribution in [0.5, 0.6) is 0 Å². The van der Waals surface area contributed by atoms with Crippen molar-refractivity contribution in [2.45, 2.75) is 46.0 Å². The van der Waals surface area contributed by atoms with Gasteiger partial charge < -0.3 is 10.2 Å². The normalized spacial score (nSPS) is 21.5. The minimum atomic E-state index is 0.359. The molecule has 3 nitrogen and oxygen atoms in total. The van der Waals surface area contributed by atoms with Crippen molar-refractivity contribution in [2.75, 3.05) is 26.2 Å². The molecule has 0 aromatic carbocycles. The maximum atomic E-state index is 11.9. The average Bonchev–Trinajstić information content (AvgIpc) is 2.84. The second-order valence-electron chi connectivity index (χ2n) is 4.76. The third-order valence-corrected chi connectivity index (χ3v) is 3.13. The van der Waals surface area contributed by atoms with Crippen LogP contribution in [0.15, 0.2) is 0 Å². The molecule has 1 aliphatic heterocycles. The molecular formula is C13H26N2O. The molecule has 0 aromatic heterocycles. The summed E-state index contributed by atoms with van der Waals surface area (Å²) in [6.07, 6.45) is 6.01. The molecule has 2 fully saturated rings. The summed E-state index contributed by atoms with van der Waals surface area (Å²) in [6.45, 7) is 8.02. The molecule has 1 saturated heterocycles. The molecule has 0 bridgehead atoms. The van der Waals surface area contributed by atoms with Crippen LogP contribution in [0.1, 0.15) is 46.0 Å². The number of nitrogens with one attached hydrogen (secondary N) is 1. The van der Waals surface area contributed by atoms with Crippen molar-refractivity contribution < 1.29 is 4.79 Å². The highest BCUT2D eigenvalue weighted by molar-refractivity contribution is 5.79. The molecule has 1 heterocycles. The highest BCUT2D eigenvalue weighted by atomic mass is 16.2. The quantitative estimate of drug-likeness (QED) is 0.742. The Morgan fingerprint density at radius 1 is 1.19 bits per heavy atom. The summed E-state index contributed by atoms with van der Waals surface area (Å²) in [6, 6.07) is 0. The Morgan fingerprint density at radius 3 is 2.19 bits per heavy atom. The highest BCUT2D eigenvalue weighted by Crippen LogP contribution is 2.26. The van der Waals surface area contributed by atoms with Crippen LogP contribution in [-0.2, 0) is 4.79 Å². The summed E-state index contributed by atoms with van der Waals surface area (Å²) in [7, 11) is 0. The fourth-order valence-electron chi connectivity index (χ4n) is 2.32. The lowest BCUT2D eigenvalue weighted by Crippen LogP contribution is -2.48. The van der Waals surface area contributed by atoms with Gasteiger partial charge in [0.05, 0.1) is 0 Å². The Hall–Kier alpha value is -0.570. The van der Waals surface area contributed by atoms with E-state index in [2.05, 4.69) is 19.2 Å². The molecule has 1 saturated carbocycles. The van der Waals surface area contributed by atoms with Gasteiger partial charge in [-0.05, 0) is 12.8 Å². The van der Waals surface area contributed by atoms with Crippen molar-refractivity contribution in [1.29, 1.82) is 0 Å². The Bertz CT molecular complexity index is 194. The fourth-order valence-corrected chi connectivity index (χ4v) is 2.32. The van der Waals surface area contributed by atoms with Gasteiger partial charge in [-0.2, -0.15) is 0 Å². The van der Waals surface area contributed by atoms with Crippen molar-refractivity contribution in [2.24, 2.45) is 5.92 Å². The first-order chi connectivity index (χ1) is 7.79. The van der Waals surface area contributed by atoms with Gasteiger partial charge in [-0.25, -0.2) is 0 Å². The van der Waals surface area contributed by atoms with Gasteiger partial charge in [-0.15, -0.1) is 0 Å². The fraction of sp³-hybridized carbons (Fsp3) is 0.923. The summed E-state index contributed by atoms with van der Waals surface area (Å²) in [4.78, 5) is 13.9. The maximum Gasteiger partial charge on any atom is 0.225 e. The molecule has 3 heteroatoms. The number of carbonyl (C=O) groups is 1. The molecule has 0 radical (unpaired) electrons. The van der Waals surface area contributed by atoms with Gasteiger partial charge in [-0.3, -0.25) is 4.79 Å². The molecule has 0 unspecified atom stereocenters. The predicted molar refractivity (Wildman–Crippen MR) is 67.4 cm³/mol. The predicted octanol–water partition coefficient (Wildman–Crippen LogP) is 2.02. The van der Waals surface area contributed by atoms with Gasteiger partial charge in [0.25, 0.3) is 0 Å². The molecule has 0 aromatic rings. The molecule has 1 N–H and O–H groups in total. The molecule has 1 amide bonds. The summed E-state index contributed by atoms with van der Waals surface area (Å²) in [5.41, 5.74) is 0. The van der Waals surface area contributed by atoms with E-state index in [1.54, 1.807) is 0 Å². The number of hydrogen-bond donors (Lipinski definition) is 1. The molecule has 1 aliphatic carbocycles. The third-order valence-electron chi connectivity index (χ3n) is 3.13. The van der Waals surface area contributed by atoms with E-state index in [1.165, 1.54) is 19.3 Å². The van der Waals surface area contributed by atoms with E-state index in [-0.39, 0.29) is 0 Å². The third kappa shape index (κ3) is 4.12. The first-order valence-electron chi connectivity index (χ1n) is 6.79. The van der Waals surface area contributed by atoms with Gasteiger partial charge in [0, 0.05) is 32.1 Å². The summed E-state index contributed by atoms with van der Waals surface area (Å²) >= 11 is 0. The largest absolute Gasteiger partial charge is 0.340 e. The zero-order valence-electron chi connectivity index (χ0n) is 10.8. The van der Waals surface area contributed by atoms with Crippen molar-refractivity contribution in [3.8, 4) is 0 Å². The van der Waals surface area contributed by atoms with Gasteiger partial charge >= 0.3 is 0 Å². The van der Waals surface area contributed by atoms with E-state index in [0.717, 1.165) is 39.0 Å². The SMILES string of the molecule is CCC.O=C(C1CCCC1)N1CCNCC1. The van der Waals surface area contributed by atoms with E-state index in [0.29, 0.717) is 11.8 Å². The first kappa shape index (κ1) is 13.5. The lowest BCUT2D eigenvalue weighted by molar-refractivity contribution is -0.135. The minimum Gasteiger partial charge on any atom is -0.340 e. The smallest absolute Gasteiger partial charge is 0.225 e. The zero-order chi connectivity index (χ0) is 11.8. The molecule has 0 atom stereocenters. The minimum absolute atomic E-state index is 0.359. The summed E-state index contributed by atoms with van der Waals surface area (Å²) in [5, 5.41) is 3.27. The van der Waals surface area contributed by atoms with Crippen LogP contribution < -0.4 is 5.32 Å². The molecular weight excluding hydrogens is 200 g/mol. The Kier molecular flexibility index (Phi) is 6.46. The Morgan fingerprint density at radius 2 is 1.69 bits per heavy atom. The number of nitrogens with zero attached hydrogens (tertiary/aromatic N) is 1. The number of piperazine rings is 1. The highest BCUT2D eigenvalue weighted by Gasteiger charge is 2.27. The second-order valence-corrected chi connectivity index (χ2v) is 4.76. The summed E-state index contributed by atoms with van der Waals surface area (Å²) in [5.74, 6) is 0.775. The monoisotopic (exact) mass is 226 g/mol. The van der Waals surface area contributed by atoms with Crippen molar-refractivity contribution in [3.05, 3.63) is 0 Å². The van der Waals surface area contributed by atoms with Crippen LogP contribution in [0, 0.1) is 5.92 Å². The molecule has 0 spiro atoms.